The molecule has 1 fully saturated rings. The van der Waals surface area contributed by atoms with Crippen molar-refractivity contribution in [2.45, 2.75) is 36.9 Å². The van der Waals surface area contributed by atoms with E-state index in [0.29, 0.717) is 16.9 Å². The minimum Gasteiger partial charge on any atom is -0.435 e. The summed E-state index contributed by atoms with van der Waals surface area (Å²) < 4.78 is 58.1. The molecule has 0 amide bonds. The van der Waals surface area contributed by atoms with E-state index in [1.54, 1.807) is 0 Å². The second kappa shape index (κ2) is 6.27. The second-order valence-corrected chi connectivity index (χ2v) is 7.61. The maximum Gasteiger partial charge on any atom is 0.387 e. The third-order valence-electron chi connectivity index (χ3n) is 3.53. The van der Waals surface area contributed by atoms with E-state index >= 15 is 0 Å². The fourth-order valence-electron chi connectivity index (χ4n) is 2.37. The minimum absolute atomic E-state index is 0.00352. The van der Waals surface area contributed by atoms with E-state index in [-0.39, 0.29) is 23.2 Å². The molecule has 1 saturated carbocycles. The summed E-state index contributed by atoms with van der Waals surface area (Å²) in [5.41, 5.74) is 1.11. The number of rotatable bonds is 7. The number of hydrogen-bond acceptors (Lipinski definition) is 5. The SMILES string of the molecule is O=S(=O)(Cc1ccc(OC(F)F)cc1)Cc1cnoc1C1CC1. The van der Waals surface area contributed by atoms with Crippen molar-refractivity contribution in [2.75, 3.05) is 0 Å². The Bertz CT molecular complexity index is 767. The van der Waals surface area contributed by atoms with Crippen LogP contribution in [0.5, 0.6) is 5.75 Å². The second-order valence-electron chi connectivity index (χ2n) is 5.54. The molecule has 0 bridgehead atoms. The topological polar surface area (TPSA) is 69.4 Å². The monoisotopic (exact) mass is 343 g/mol. The van der Waals surface area contributed by atoms with Gasteiger partial charge in [0.15, 0.2) is 9.84 Å². The first-order valence-corrected chi connectivity index (χ1v) is 8.93. The lowest BCUT2D eigenvalue weighted by Gasteiger charge is -2.07. The fourth-order valence-corrected chi connectivity index (χ4v) is 3.86. The zero-order valence-corrected chi connectivity index (χ0v) is 12.9. The highest BCUT2D eigenvalue weighted by Crippen LogP contribution is 2.42. The van der Waals surface area contributed by atoms with Crippen LogP contribution in [-0.4, -0.2) is 20.2 Å². The van der Waals surface area contributed by atoms with Gasteiger partial charge in [0.2, 0.25) is 0 Å². The molecule has 2 aromatic rings. The van der Waals surface area contributed by atoms with E-state index in [9.17, 15) is 17.2 Å². The molecule has 8 heteroatoms. The summed E-state index contributed by atoms with van der Waals surface area (Å²) in [6.45, 7) is -2.90. The summed E-state index contributed by atoms with van der Waals surface area (Å²) in [6.07, 6.45) is 3.44. The lowest BCUT2D eigenvalue weighted by molar-refractivity contribution is -0.0498. The van der Waals surface area contributed by atoms with Crippen LogP contribution in [0.2, 0.25) is 0 Å². The molecular formula is C15H15F2NO4S. The summed E-state index contributed by atoms with van der Waals surface area (Å²) in [4.78, 5) is 0. The smallest absolute Gasteiger partial charge is 0.387 e. The number of halogens is 2. The molecule has 1 aromatic heterocycles. The van der Waals surface area contributed by atoms with Gasteiger partial charge in [-0.15, -0.1) is 0 Å². The van der Waals surface area contributed by atoms with Gasteiger partial charge < -0.3 is 9.26 Å². The molecule has 124 valence electrons. The lowest BCUT2D eigenvalue weighted by atomic mass is 10.2. The molecule has 3 rings (SSSR count). The summed E-state index contributed by atoms with van der Waals surface area (Å²) >= 11 is 0. The molecule has 0 saturated heterocycles. The van der Waals surface area contributed by atoms with Crippen LogP contribution in [0.15, 0.2) is 35.0 Å². The molecule has 0 atom stereocenters. The molecule has 1 aliphatic carbocycles. The number of sulfone groups is 1. The van der Waals surface area contributed by atoms with Crippen LogP contribution in [0.4, 0.5) is 8.78 Å². The van der Waals surface area contributed by atoms with Gasteiger partial charge in [0.25, 0.3) is 0 Å². The first-order valence-electron chi connectivity index (χ1n) is 7.10. The molecule has 0 radical (unpaired) electrons. The normalized spacial score (nSPS) is 15.1. The van der Waals surface area contributed by atoms with Crippen molar-refractivity contribution < 1.29 is 26.5 Å². The van der Waals surface area contributed by atoms with E-state index in [0.717, 1.165) is 12.8 Å². The molecule has 23 heavy (non-hydrogen) atoms. The number of aromatic nitrogens is 1. The van der Waals surface area contributed by atoms with Gasteiger partial charge in [-0.3, -0.25) is 0 Å². The first-order chi connectivity index (χ1) is 10.9. The van der Waals surface area contributed by atoms with Crippen molar-refractivity contribution >= 4 is 9.84 Å². The molecule has 0 spiro atoms. The van der Waals surface area contributed by atoms with Gasteiger partial charge in [0.1, 0.15) is 11.5 Å². The van der Waals surface area contributed by atoms with E-state index < -0.39 is 16.4 Å². The third-order valence-corrected chi connectivity index (χ3v) is 5.06. The highest BCUT2D eigenvalue weighted by Gasteiger charge is 2.31. The molecule has 0 N–H and O–H groups in total. The van der Waals surface area contributed by atoms with Crippen LogP contribution < -0.4 is 4.74 Å². The maximum absolute atomic E-state index is 12.3. The van der Waals surface area contributed by atoms with Crippen LogP contribution in [0, 0.1) is 0 Å². The summed E-state index contributed by atoms with van der Waals surface area (Å²) in [7, 11) is -3.41. The predicted octanol–water partition coefficient (Wildman–Crippen LogP) is 3.27. The third kappa shape index (κ3) is 4.28. The first kappa shape index (κ1) is 15.9. The molecule has 0 aliphatic heterocycles. The Kier molecular flexibility index (Phi) is 4.34. The lowest BCUT2D eigenvalue weighted by Crippen LogP contribution is -2.08. The summed E-state index contributed by atoms with van der Waals surface area (Å²) in [5, 5.41) is 3.69. The fraction of sp³-hybridized carbons (Fsp3) is 0.400. The minimum atomic E-state index is -3.41. The quantitative estimate of drug-likeness (QED) is 0.772. The van der Waals surface area contributed by atoms with Crippen molar-refractivity contribution in [3.05, 3.63) is 47.3 Å². The molecule has 1 aliphatic rings. The van der Waals surface area contributed by atoms with Crippen molar-refractivity contribution in [1.29, 1.82) is 0 Å². The average Bonchev–Trinajstić information content (AvgIpc) is 3.21. The van der Waals surface area contributed by atoms with Crippen LogP contribution >= 0.6 is 0 Å². The van der Waals surface area contributed by atoms with Gasteiger partial charge >= 0.3 is 6.61 Å². The Hall–Kier alpha value is -1.96. The van der Waals surface area contributed by atoms with Gasteiger partial charge in [-0.25, -0.2) is 8.42 Å². The Morgan fingerprint density at radius 1 is 1.22 bits per heavy atom. The van der Waals surface area contributed by atoms with Crippen LogP contribution in [0.25, 0.3) is 0 Å². The molecular weight excluding hydrogens is 328 g/mol. The number of alkyl halides is 2. The van der Waals surface area contributed by atoms with Gasteiger partial charge in [-0.05, 0) is 30.5 Å². The number of hydrogen-bond donors (Lipinski definition) is 0. The van der Waals surface area contributed by atoms with Crippen LogP contribution in [-0.2, 0) is 21.3 Å². The number of ether oxygens (including phenoxy) is 1. The molecule has 1 aromatic carbocycles. The van der Waals surface area contributed by atoms with Crippen molar-refractivity contribution in [3.63, 3.8) is 0 Å². The van der Waals surface area contributed by atoms with Crippen LogP contribution in [0.1, 0.15) is 35.6 Å². The highest BCUT2D eigenvalue weighted by atomic mass is 32.2. The van der Waals surface area contributed by atoms with Crippen molar-refractivity contribution in [2.24, 2.45) is 0 Å². The largest absolute Gasteiger partial charge is 0.435 e. The standard InChI is InChI=1S/C15H15F2NO4S/c16-15(17)21-13-5-1-10(2-6-13)8-23(19,20)9-12-7-18-22-14(12)11-3-4-11/h1-2,5-7,11,15H,3-4,8-9H2. The van der Waals surface area contributed by atoms with Gasteiger partial charge in [-0.1, -0.05) is 17.3 Å². The molecule has 5 nitrogen and oxygen atoms in total. The summed E-state index contributed by atoms with van der Waals surface area (Å²) in [5.74, 6) is 0.619. The zero-order chi connectivity index (χ0) is 16.4. The predicted molar refractivity (Wildman–Crippen MR) is 77.9 cm³/mol. The van der Waals surface area contributed by atoms with E-state index in [2.05, 4.69) is 9.89 Å². The number of nitrogens with zero attached hydrogens (tertiary/aromatic N) is 1. The molecule has 0 unspecified atom stereocenters. The Balaban J connectivity index is 1.67. The van der Waals surface area contributed by atoms with Gasteiger partial charge in [-0.2, -0.15) is 8.78 Å². The Labute approximate surface area is 132 Å². The Morgan fingerprint density at radius 3 is 2.52 bits per heavy atom. The highest BCUT2D eigenvalue weighted by molar-refractivity contribution is 7.89. The maximum atomic E-state index is 12.3. The zero-order valence-electron chi connectivity index (χ0n) is 12.1. The van der Waals surface area contributed by atoms with E-state index in [1.807, 2.05) is 0 Å². The van der Waals surface area contributed by atoms with E-state index in [4.69, 9.17) is 4.52 Å². The molecule has 1 heterocycles. The van der Waals surface area contributed by atoms with Gasteiger partial charge in [0, 0.05) is 11.5 Å². The van der Waals surface area contributed by atoms with E-state index in [1.165, 1.54) is 30.5 Å². The van der Waals surface area contributed by atoms with Crippen molar-refractivity contribution in [1.82, 2.24) is 5.16 Å². The average molecular weight is 343 g/mol. The van der Waals surface area contributed by atoms with Crippen molar-refractivity contribution in [3.8, 4) is 5.75 Å². The Morgan fingerprint density at radius 2 is 1.91 bits per heavy atom. The van der Waals surface area contributed by atoms with Crippen LogP contribution in [0.3, 0.4) is 0 Å². The number of benzene rings is 1. The van der Waals surface area contributed by atoms with Gasteiger partial charge in [0.05, 0.1) is 17.7 Å². The summed E-state index contributed by atoms with van der Waals surface area (Å²) in [6, 6.07) is 5.58.